The number of aryl methyl sites for hydroxylation is 2. The van der Waals surface area contributed by atoms with Gasteiger partial charge in [-0.2, -0.15) is 5.26 Å². The number of aromatic nitrogens is 3. The first kappa shape index (κ1) is 14.6. The first-order chi connectivity index (χ1) is 11.3. The molecule has 1 aliphatic heterocycles. The molecule has 1 aliphatic carbocycles. The highest BCUT2D eigenvalue weighted by molar-refractivity contribution is 7.11. The minimum Gasteiger partial charge on any atom is -0.356 e. The molecule has 0 unspecified atom stereocenters. The Hall–Kier alpha value is -2.00. The Kier molecular flexibility index (Phi) is 3.96. The zero-order valence-electron chi connectivity index (χ0n) is 13.0. The molecule has 0 amide bonds. The molecule has 2 aromatic rings. The smallest absolute Gasteiger partial charge is 0.234 e. The number of nitrogens with zero attached hydrogens (tertiary/aromatic N) is 5. The van der Waals surface area contributed by atoms with E-state index in [9.17, 15) is 0 Å². The van der Waals surface area contributed by atoms with Gasteiger partial charge in [0.05, 0.1) is 10.7 Å². The maximum absolute atomic E-state index is 8.98. The minimum absolute atomic E-state index is 0.245. The molecule has 0 spiro atoms. The third-order valence-corrected chi connectivity index (χ3v) is 6.02. The molecule has 23 heavy (non-hydrogen) atoms. The Morgan fingerprint density at radius 3 is 3.00 bits per heavy atom. The van der Waals surface area contributed by atoms with Crippen molar-refractivity contribution in [2.75, 3.05) is 18.0 Å². The quantitative estimate of drug-likeness (QED) is 0.849. The van der Waals surface area contributed by atoms with Crippen LogP contribution in [0.15, 0.2) is 12.3 Å². The number of piperidine rings is 1. The van der Waals surface area contributed by atoms with Crippen LogP contribution in [0.25, 0.3) is 0 Å². The summed E-state index contributed by atoms with van der Waals surface area (Å²) in [5, 5.41) is 10.3. The van der Waals surface area contributed by atoms with E-state index in [-0.39, 0.29) is 5.82 Å². The molecule has 0 radical (unpaired) electrons. The molecule has 3 heterocycles. The van der Waals surface area contributed by atoms with Gasteiger partial charge in [-0.25, -0.2) is 15.0 Å². The average molecular weight is 325 g/mol. The number of rotatable bonds is 2. The van der Waals surface area contributed by atoms with Crippen molar-refractivity contribution in [2.24, 2.45) is 0 Å². The summed E-state index contributed by atoms with van der Waals surface area (Å²) >= 11 is 1.92. The van der Waals surface area contributed by atoms with Crippen LogP contribution >= 0.6 is 11.3 Å². The molecule has 1 fully saturated rings. The van der Waals surface area contributed by atoms with Crippen molar-refractivity contribution in [3.63, 3.8) is 0 Å². The number of fused-ring (bicyclic) bond motifs is 1. The SMILES string of the molecule is N#Cc1nccc(N2CCC[C@H](c3nc4c(s3)CCCC4)C2)n1. The molecular formula is C17H19N5S. The molecule has 0 bridgehead atoms. The Morgan fingerprint density at radius 2 is 2.13 bits per heavy atom. The molecule has 1 atom stereocenters. The number of thiazole rings is 1. The Bertz CT molecular complexity index is 724. The predicted molar refractivity (Wildman–Crippen MR) is 89.7 cm³/mol. The van der Waals surface area contributed by atoms with Gasteiger partial charge in [0.25, 0.3) is 0 Å². The number of hydrogen-bond acceptors (Lipinski definition) is 6. The number of nitriles is 1. The summed E-state index contributed by atoms with van der Waals surface area (Å²) in [6.45, 7) is 1.93. The molecule has 0 aromatic carbocycles. The van der Waals surface area contributed by atoms with E-state index in [1.165, 1.54) is 41.3 Å². The van der Waals surface area contributed by atoms with Gasteiger partial charge < -0.3 is 4.90 Å². The second kappa shape index (κ2) is 6.25. The second-order valence-corrected chi connectivity index (χ2v) is 7.38. The van der Waals surface area contributed by atoms with Gasteiger partial charge in [0.2, 0.25) is 5.82 Å². The molecule has 118 valence electrons. The average Bonchev–Trinajstić information content (AvgIpc) is 3.06. The Morgan fingerprint density at radius 1 is 1.22 bits per heavy atom. The summed E-state index contributed by atoms with van der Waals surface area (Å²) in [5.74, 6) is 1.59. The molecule has 0 saturated carbocycles. The monoisotopic (exact) mass is 325 g/mol. The van der Waals surface area contributed by atoms with Crippen molar-refractivity contribution in [2.45, 2.75) is 44.4 Å². The van der Waals surface area contributed by atoms with E-state index in [1.807, 2.05) is 23.5 Å². The van der Waals surface area contributed by atoms with E-state index in [2.05, 4.69) is 14.9 Å². The fraction of sp³-hybridized carbons (Fsp3) is 0.529. The Balaban J connectivity index is 1.55. The summed E-state index contributed by atoms with van der Waals surface area (Å²) in [6, 6.07) is 3.92. The molecule has 0 N–H and O–H groups in total. The zero-order valence-corrected chi connectivity index (χ0v) is 13.8. The van der Waals surface area contributed by atoms with Gasteiger partial charge in [0.1, 0.15) is 11.9 Å². The normalized spacial score (nSPS) is 20.8. The topological polar surface area (TPSA) is 65.7 Å². The van der Waals surface area contributed by atoms with Crippen molar-refractivity contribution < 1.29 is 0 Å². The highest BCUT2D eigenvalue weighted by Crippen LogP contribution is 2.35. The van der Waals surface area contributed by atoms with Crippen LogP contribution in [-0.4, -0.2) is 28.0 Å². The summed E-state index contributed by atoms with van der Waals surface area (Å²) < 4.78 is 0. The van der Waals surface area contributed by atoms with Gasteiger partial charge in [-0.05, 0) is 44.6 Å². The summed E-state index contributed by atoms with van der Waals surface area (Å²) in [7, 11) is 0. The van der Waals surface area contributed by atoms with Gasteiger partial charge in [0.15, 0.2) is 0 Å². The van der Waals surface area contributed by atoms with Crippen LogP contribution in [0.2, 0.25) is 0 Å². The highest BCUT2D eigenvalue weighted by atomic mass is 32.1. The third kappa shape index (κ3) is 2.93. The van der Waals surface area contributed by atoms with E-state index < -0.39 is 0 Å². The van der Waals surface area contributed by atoms with Crippen molar-refractivity contribution >= 4 is 17.2 Å². The molecular weight excluding hydrogens is 306 g/mol. The van der Waals surface area contributed by atoms with E-state index in [0.717, 1.165) is 31.7 Å². The van der Waals surface area contributed by atoms with Crippen molar-refractivity contribution in [3.05, 3.63) is 33.7 Å². The van der Waals surface area contributed by atoms with E-state index >= 15 is 0 Å². The van der Waals surface area contributed by atoms with Gasteiger partial charge in [0, 0.05) is 30.1 Å². The van der Waals surface area contributed by atoms with Gasteiger partial charge >= 0.3 is 0 Å². The largest absolute Gasteiger partial charge is 0.356 e. The second-order valence-electron chi connectivity index (χ2n) is 6.26. The minimum atomic E-state index is 0.245. The van der Waals surface area contributed by atoms with Gasteiger partial charge in [-0.15, -0.1) is 11.3 Å². The standard InChI is InChI=1S/C17H19N5S/c18-10-15-19-8-7-16(21-15)22-9-3-4-12(11-22)17-20-13-5-1-2-6-14(13)23-17/h7-8,12H,1-6,9,11H2/t12-/m0/s1. The predicted octanol–water partition coefficient (Wildman–Crippen LogP) is 3.07. The maximum atomic E-state index is 8.98. The van der Waals surface area contributed by atoms with Crippen LogP contribution in [0, 0.1) is 11.3 Å². The number of hydrogen-bond donors (Lipinski definition) is 0. The molecule has 5 nitrogen and oxygen atoms in total. The number of anilines is 1. The zero-order chi connectivity index (χ0) is 15.6. The van der Waals surface area contributed by atoms with Crippen LogP contribution in [0.1, 0.15) is 53.0 Å². The lowest BCUT2D eigenvalue weighted by Crippen LogP contribution is -2.35. The van der Waals surface area contributed by atoms with E-state index in [1.54, 1.807) is 6.20 Å². The molecule has 2 aromatic heterocycles. The summed E-state index contributed by atoms with van der Waals surface area (Å²) in [6.07, 6.45) is 8.96. The summed E-state index contributed by atoms with van der Waals surface area (Å²) in [5.41, 5.74) is 1.35. The fourth-order valence-electron chi connectivity index (χ4n) is 3.51. The lowest BCUT2D eigenvalue weighted by molar-refractivity contribution is 0.504. The van der Waals surface area contributed by atoms with E-state index in [4.69, 9.17) is 10.2 Å². The van der Waals surface area contributed by atoms with Crippen LogP contribution in [0.4, 0.5) is 5.82 Å². The van der Waals surface area contributed by atoms with Gasteiger partial charge in [-0.1, -0.05) is 0 Å². The van der Waals surface area contributed by atoms with E-state index in [0.29, 0.717) is 5.92 Å². The molecule has 6 heteroatoms. The maximum Gasteiger partial charge on any atom is 0.234 e. The van der Waals surface area contributed by atoms with Gasteiger partial charge in [-0.3, -0.25) is 0 Å². The van der Waals surface area contributed by atoms with Crippen molar-refractivity contribution in [1.82, 2.24) is 15.0 Å². The van der Waals surface area contributed by atoms with Crippen LogP contribution < -0.4 is 4.90 Å². The molecule has 1 saturated heterocycles. The van der Waals surface area contributed by atoms with Crippen molar-refractivity contribution in [3.8, 4) is 6.07 Å². The van der Waals surface area contributed by atoms with Crippen LogP contribution in [0.5, 0.6) is 0 Å². The fourth-order valence-corrected chi connectivity index (χ4v) is 4.79. The summed E-state index contributed by atoms with van der Waals surface area (Å²) in [4.78, 5) is 17.0. The lowest BCUT2D eigenvalue weighted by Gasteiger charge is -2.32. The first-order valence-corrected chi connectivity index (χ1v) is 9.11. The Labute approximate surface area is 140 Å². The first-order valence-electron chi connectivity index (χ1n) is 8.30. The molecule has 4 rings (SSSR count). The highest BCUT2D eigenvalue weighted by Gasteiger charge is 2.26. The lowest BCUT2D eigenvalue weighted by atomic mass is 9.98. The third-order valence-electron chi connectivity index (χ3n) is 4.70. The van der Waals surface area contributed by atoms with Crippen LogP contribution in [-0.2, 0) is 12.8 Å². The molecule has 2 aliphatic rings. The van der Waals surface area contributed by atoms with Crippen LogP contribution in [0.3, 0.4) is 0 Å². The van der Waals surface area contributed by atoms with Crippen molar-refractivity contribution in [1.29, 1.82) is 5.26 Å².